The molecule has 0 saturated carbocycles. The van der Waals surface area contributed by atoms with Crippen LogP contribution in [0.2, 0.25) is 0 Å². The normalized spacial score (nSPS) is 18.1. The summed E-state index contributed by atoms with van der Waals surface area (Å²) in [5, 5.41) is 12.5. The third-order valence-electron chi connectivity index (χ3n) is 4.67. The van der Waals surface area contributed by atoms with Crippen LogP contribution in [0.1, 0.15) is 31.9 Å². The maximum absolute atomic E-state index is 12.1. The van der Waals surface area contributed by atoms with Crippen LogP contribution in [0.15, 0.2) is 18.3 Å². The largest absolute Gasteiger partial charge is 0.396 e. The summed E-state index contributed by atoms with van der Waals surface area (Å²) in [5.74, 6) is 0. The van der Waals surface area contributed by atoms with E-state index in [2.05, 4.69) is 12.2 Å². The van der Waals surface area contributed by atoms with Crippen LogP contribution < -0.4 is 5.32 Å². The van der Waals surface area contributed by atoms with E-state index >= 15 is 0 Å². The van der Waals surface area contributed by atoms with Crippen molar-refractivity contribution in [1.82, 2.24) is 14.8 Å². The molecule has 1 aromatic rings. The molecule has 1 saturated heterocycles. The standard InChI is InChI=1S/C15H25N3O2/c1-3-15(12-19)6-9-18(10-7-15)14(20)16-11-13-5-4-8-17(13)2/h4-5,8,19H,3,6-7,9-12H2,1-2H3,(H,16,20). The summed E-state index contributed by atoms with van der Waals surface area (Å²) in [5.41, 5.74) is 1.11. The number of aliphatic hydroxyl groups excluding tert-OH is 1. The van der Waals surface area contributed by atoms with Crippen LogP contribution in [0.4, 0.5) is 4.79 Å². The number of amides is 2. The van der Waals surface area contributed by atoms with Gasteiger partial charge in [-0.25, -0.2) is 4.79 Å². The number of aliphatic hydroxyl groups is 1. The lowest BCUT2D eigenvalue weighted by atomic mass is 9.77. The molecule has 0 radical (unpaired) electrons. The molecule has 1 fully saturated rings. The van der Waals surface area contributed by atoms with Gasteiger partial charge in [-0.15, -0.1) is 0 Å². The first kappa shape index (κ1) is 14.9. The first-order chi connectivity index (χ1) is 9.60. The Kier molecular flexibility index (Phi) is 4.70. The van der Waals surface area contributed by atoms with Crippen LogP contribution in [-0.4, -0.2) is 40.3 Å². The van der Waals surface area contributed by atoms with E-state index in [4.69, 9.17) is 0 Å². The number of hydrogen-bond donors (Lipinski definition) is 2. The summed E-state index contributed by atoms with van der Waals surface area (Å²) >= 11 is 0. The minimum Gasteiger partial charge on any atom is -0.396 e. The highest BCUT2D eigenvalue weighted by molar-refractivity contribution is 5.74. The number of rotatable bonds is 4. The van der Waals surface area contributed by atoms with Gasteiger partial charge in [0.05, 0.1) is 6.54 Å². The first-order valence-corrected chi connectivity index (χ1v) is 7.34. The molecule has 2 N–H and O–H groups in total. The number of piperidine rings is 1. The monoisotopic (exact) mass is 279 g/mol. The number of nitrogens with zero attached hydrogens (tertiary/aromatic N) is 2. The van der Waals surface area contributed by atoms with E-state index in [1.165, 1.54) is 0 Å². The van der Waals surface area contributed by atoms with Crippen molar-refractivity contribution < 1.29 is 9.90 Å². The van der Waals surface area contributed by atoms with Gasteiger partial charge in [-0.1, -0.05) is 6.92 Å². The molecular formula is C15H25N3O2. The van der Waals surface area contributed by atoms with Crippen molar-refractivity contribution in [3.05, 3.63) is 24.0 Å². The molecule has 0 spiro atoms. The first-order valence-electron chi connectivity index (χ1n) is 7.34. The fourth-order valence-corrected chi connectivity index (χ4v) is 2.77. The lowest BCUT2D eigenvalue weighted by Gasteiger charge is -2.40. The van der Waals surface area contributed by atoms with Gasteiger partial charge in [0.25, 0.3) is 0 Å². The Morgan fingerprint density at radius 1 is 1.45 bits per heavy atom. The Labute approximate surface area is 120 Å². The van der Waals surface area contributed by atoms with Gasteiger partial charge in [0, 0.05) is 38.6 Å². The molecular weight excluding hydrogens is 254 g/mol. The second kappa shape index (κ2) is 6.31. The number of likely N-dealkylation sites (tertiary alicyclic amines) is 1. The van der Waals surface area contributed by atoms with Crippen molar-refractivity contribution in [2.24, 2.45) is 12.5 Å². The highest BCUT2D eigenvalue weighted by Crippen LogP contribution is 2.34. The number of aryl methyl sites for hydroxylation is 1. The van der Waals surface area contributed by atoms with E-state index in [-0.39, 0.29) is 18.1 Å². The fraction of sp³-hybridized carbons (Fsp3) is 0.667. The molecule has 0 atom stereocenters. The SMILES string of the molecule is CCC1(CO)CCN(C(=O)NCc2cccn2C)CC1. The maximum Gasteiger partial charge on any atom is 0.317 e. The fourth-order valence-electron chi connectivity index (χ4n) is 2.77. The third kappa shape index (κ3) is 3.15. The number of urea groups is 1. The third-order valence-corrected chi connectivity index (χ3v) is 4.67. The quantitative estimate of drug-likeness (QED) is 0.881. The van der Waals surface area contributed by atoms with Crippen LogP contribution in [0, 0.1) is 5.41 Å². The van der Waals surface area contributed by atoms with Crippen molar-refractivity contribution in [1.29, 1.82) is 0 Å². The lowest BCUT2D eigenvalue weighted by molar-refractivity contribution is 0.0519. The molecule has 1 aliphatic heterocycles. The van der Waals surface area contributed by atoms with Crippen molar-refractivity contribution in [3.8, 4) is 0 Å². The van der Waals surface area contributed by atoms with Crippen LogP contribution >= 0.6 is 0 Å². The average molecular weight is 279 g/mol. The Morgan fingerprint density at radius 2 is 2.15 bits per heavy atom. The molecule has 0 aliphatic carbocycles. The van der Waals surface area contributed by atoms with E-state index in [9.17, 15) is 9.90 Å². The molecule has 2 heterocycles. The molecule has 1 aliphatic rings. The van der Waals surface area contributed by atoms with Crippen LogP contribution in [0.25, 0.3) is 0 Å². The zero-order chi connectivity index (χ0) is 14.6. The van der Waals surface area contributed by atoms with Gasteiger partial charge in [0.15, 0.2) is 0 Å². The molecule has 20 heavy (non-hydrogen) atoms. The average Bonchev–Trinajstić information content (AvgIpc) is 2.90. The van der Waals surface area contributed by atoms with Gasteiger partial charge in [-0.2, -0.15) is 0 Å². The minimum absolute atomic E-state index is 0.00570. The van der Waals surface area contributed by atoms with Gasteiger partial charge in [-0.3, -0.25) is 0 Å². The number of hydrogen-bond acceptors (Lipinski definition) is 2. The zero-order valence-electron chi connectivity index (χ0n) is 12.4. The van der Waals surface area contributed by atoms with Gasteiger partial charge in [0.1, 0.15) is 0 Å². The molecule has 112 valence electrons. The molecule has 1 aromatic heterocycles. The minimum atomic E-state index is -0.00570. The second-order valence-electron chi connectivity index (χ2n) is 5.77. The van der Waals surface area contributed by atoms with E-state index in [1.54, 1.807) is 0 Å². The van der Waals surface area contributed by atoms with Crippen molar-refractivity contribution >= 4 is 6.03 Å². The molecule has 5 heteroatoms. The summed E-state index contributed by atoms with van der Waals surface area (Å²) in [4.78, 5) is 14.0. The summed E-state index contributed by atoms with van der Waals surface area (Å²) in [6.45, 7) is 4.35. The molecule has 0 bridgehead atoms. The molecule has 2 rings (SSSR count). The van der Waals surface area contributed by atoms with Crippen LogP contribution in [0.5, 0.6) is 0 Å². The second-order valence-corrected chi connectivity index (χ2v) is 5.77. The number of carbonyl (C=O) groups is 1. The van der Waals surface area contributed by atoms with E-state index in [0.717, 1.165) is 38.0 Å². The number of aromatic nitrogens is 1. The van der Waals surface area contributed by atoms with Crippen LogP contribution in [-0.2, 0) is 13.6 Å². The summed E-state index contributed by atoms with van der Waals surface area (Å²) in [7, 11) is 1.97. The van der Waals surface area contributed by atoms with Gasteiger partial charge in [0.2, 0.25) is 0 Å². The predicted octanol–water partition coefficient (Wildman–Crippen LogP) is 1.72. The Bertz CT molecular complexity index is 442. The maximum atomic E-state index is 12.1. The Balaban J connectivity index is 1.82. The smallest absolute Gasteiger partial charge is 0.317 e. The van der Waals surface area contributed by atoms with Crippen molar-refractivity contribution in [2.45, 2.75) is 32.7 Å². The van der Waals surface area contributed by atoms with Gasteiger partial charge >= 0.3 is 6.03 Å². The highest BCUT2D eigenvalue weighted by Gasteiger charge is 2.33. The summed E-state index contributed by atoms with van der Waals surface area (Å²) in [6, 6.07) is 3.97. The predicted molar refractivity (Wildman–Crippen MR) is 78.3 cm³/mol. The van der Waals surface area contributed by atoms with Gasteiger partial charge < -0.3 is 19.9 Å². The lowest BCUT2D eigenvalue weighted by Crippen LogP contribution is -2.48. The summed E-state index contributed by atoms with van der Waals surface area (Å²) < 4.78 is 2.00. The Hall–Kier alpha value is -1.49. The van der Waals surface area contributed by atoms with Crippen molar-refractivity contribution in [2.75, 3.05) is 19.7 Å². The van der Waals surface area contributed by atoms with Crippen molar-refractivity contribution in [3.63, 3.8) is 0 Å². The van der Waals surface area contributed by atoms with E-state index in [1.807, 2.05) is 34.8 Å². The van der Waals surface area contributed by atoms with E-state index in [0.29, 0.717) is 6.54 Å². The van der Waals surface area contributed by atoms with Gasteiger partial charge in [-0.05, 0) is 36.8 Å². The molecule has 0 unspecified atom stereocenters. The molecule has 0 aromatic carbocycles. The number of nitrogens with one attached hydrogen (secondary N) is 1. The Morgan fingerprint density at radius 3 is 2.65 bits per heavy atom. The molecule has 5 nitrogen and oxygen atoms in total. The topological polar surface area (TPSA) is 57.5 Å². The van der Waals surface area contributed by atoms with Crippen LogP contribution in [0.3, 0.4) is 0 Å². The highest BCUT2D eigenvalue weighted by atomic mass is 16.3. The van der Waals surface area contributed by atoms with E-state index < -0.39 is 0 Å². The molecule has 2 amide bonds. The summed E-state index contributed by atoms with van der Waals surface area (Å²) in [6.07, 6.45) is 4.72. The number of carbonyl (C=O) groups excluding carboxylic acids is 1. The zero-order valence-corrected chi connectivity index (χ0v) is 12.4.